The molecule has 1 aliphatic carbocycles. The molecule has 2 bridgehead atoms. The van der Waals surface area contributed by atoms with Gasteiger partial charge in [0.05, 0.1) is 17.9 Å². The third-order valence-electron chi connectivity index (χ3n) is 4.22. The zero-order valence-electron chi connectivity index (χ0n) is 11.2. The van der Waals surface area contributed by atoms with Crippen LogP contribution in [0, 0.1) is 0 Å². The maximum Gasteiger partial charge on any atom is 0.107 e. The molecule has 1 aromatic heterocycles. The Bertz CT molecular complexity index is 434. The van der Waals surface area contributed by atoms with Gasteiger partial charge in [0, 0.05) is 37.6 Å². The van der Waals surface area contributed by atoms with Crippen molar-refractivity contribution in [1.29, 1.82) is 0 Å². The quantitative estimate of drug-likeness (QED) is 0.891. The van der Waals surface area contributed by atoms with E-state index in [9.17, 15) is 0 Å². The van der Waals surface area contributed by atoms with Gasteiger partial charge < -0.3 is 10.1 Å². The molecule has 2 unspecified atom stereocenters. The van der Waals surface area contributed by atoms with Crippen molar-refractivity contribution < 1.29 is 4.74 Å². The minimum Gasteiger partial charge on any atom is -0.372 e. The van der Waals surface area contributed by atoms with Crippen LogP contribution in [0.4, 0.5) is 0 Å². The number of thiazole rings is 1. The molecule has 2 aliphatic heterocycles. The van der Waals surface area contributed by atoms with Gasteiger partial charge in [0.25, 0.3) is 0 Å². The number of nitrogens with one attached hydrogen (secondary N) is 1. The molecule has 1 N–H and O–H groups in total. The summed E-state index contributed by atoms with van der Waals surface area (Å²) >= 11 is 1.79. The van der Waals surface area contributed by atoms with Gasteiger partial charge in [-0.2, -0.15) is 0 Å². The molecule has 3 heterocycles. The second-order valence-electron chi connectivity index (χ2n) is 6.04. The Morgan fingerprint density at radius 1 is 1.26 bits per heavy atom. The fourth-order valence-electron chi connectivity index (χ4n) is 3.08. The van der Waals surface area contributed by atoms with E-state index in [-0.39, 0.29) is 0 Å². The summed E-state index contributed by atoms with van der Waals surface area (Å²) in [6, 6.07) is 0.766. The predicted octanol–water partition coefficient (Wildman–Crippen LogP) is 1.76. The molecule has 0 radical (unpaired) electrons. The second-order valence-corrected chi connectivity index (χ2v) is 6.98. The summed E-state index contributed by atoms with van der Waals surface area (Å²) in [5.41, 5.74) is 1.24. The standard InChI is InChI=1S/C14H21N3OS/c1-2-10(1)15-5-14-16-11(9-19-14)6-17-7-12-3-4-13(8-17)18-12/h9-10,12-13,15H,1-8H2. The lowest BCUT2D eigenvalue weighted by Crippen LogP contribution is -2.42. The Morgan fingerprint density at radius 3 is 2.79 bits per heavy atom. The van der Waals surface area contributed by atoms with E-state index in [1.807, 2.05) is 0 Å². The molecular formula is C14H21N3OS. The van der Waals surface area contributed by atoms with Crippen LogP contribution in [0.5, 0.6) is 0 Å². The van der Waals surface area contributed by atoms with Crippen molar-refractivity contribution in [3.8, 4) is 0 Å². The summed E-state index contributed by atoms with van der Waals surface area (Å²) in [5.74, 6) is 0. The normalized spacial score (nSPS) is 30.9. The van der Waals surface area contributed by atoms with Gasteiger partial charge in [-0.15, -0.1) is 11.3 Å². The highest BCUT2D eigenvalue weighted by molar-refractivity contribution is 7.09. The van der Waals surface area contributed by atoms with Crippen LogP contribution in [0.2, 0.25) is 0 Å². The Morgan fingerprint density at radius 2 is 2.05 bits per heavy atom. The number of rotatable bonds is 5. The van der Waals surface area contributed by atoms with E-state index in [1.165, 1.54) is 36.4 Å². The molecule has 3 aliphatic rings. The van der Waals surface area contributed by atoms with Crippen molar-refractivity contribution in [2.24, 2.45) is 0 Å². The van der Waals surface area contributed by atoms with E-state index >= 15 is 0 Å². The lowest BCUT2D eigenvalue weighted by molar-refractivity contribution is -0.0413. The first kappa shape index (κ1) is 12.3. The van der Waals surface area contributed by atoms with E-state index < -0.39 is 0 Å². The van der Waals surface area contributed by atoms with Crippen LogP contribution >= 0.6 is 11.3 Å². The first-order valence-corrected chi connectivity index (χ1v) is 8.27. The number of fused-ring (bicyclic) bond motifs is 2. The Hall–Kier alpha value is -0.490. The van der Waals surface area contributed by atoms with Crippen LogP contribution in [0.25, 0.3) is 0 Å². The summed E-state index contributed by atoms with van der Waals surface area (Å²) in [5, 5.41) is 6.99. The van der Waals surface area contributed by atoms with Crippen molar-refractivity contribution >= 4 is 11.3 Å². The van der Waals surface area contributed by atoms with Gasteiger partial charge in [-0.1, -0.05) is 0 Å². The highest BCUT2D eigenvalue weighted by Crippen LogP contribution is 2.27. The Balaban J connectivity index is 1.32. The molecule has 1 aromatic rings. The van der Waals surface area contributed by atoms with Crippen molar-refractivity contribution in [2.45, 2.75) is 57.0 Å². The molecule has 3 fully saturated rings. The van der Waals surface area contributed by atoms with Gasteiger partial charge in [-0.25, -0.2) is 4.98 Å². The van der Waals surface area contributed by atoms with E-state index in [4.69, 9.17) is 9.72 Å². The monoisotopic (exact) mass is 279 g/mol. The topological polar surface area (TPSA) is 37.4 Å². The molecular weight excluding hydrogens is 258 g/mol. The molecule has 4 rings (SSSR count). The van der Waals surface area contributed by atoms with Gasteiger partial charge >= 0.3 is 0 Å². The van der Waals surface area contributed by atoms with E-state index in [1.54, 1.807) is 11.3 Å². The molecule has 0 spiro atoms. The molecule has 19 heavy (non-hydrogen) atoms. The average molecular weight is 279 g/mol. The van der Waals surface area contributed by atoms with Crippen LogP contribution in [0.1, 0.15) is 36.4 Å². The maximum atomic E-state index is 5.87. The van der Waals surface area contributed by atoms with Crippen LogP contribution in [0.3, 0.4) is 0 Å². The van der Waals surface area contributed by atoms with Gasteiger partial charge in [0.15, 0.2) is 0 Å². The lowest BCUT2D eigenvalue weighted by Gasteiger charge is -2.31. The summed E-state index contributed by atoms with van der Waals surface area (Å²) < 4.78 is 5.87. The number of hydrogen-bond acceptors (Lipinski definition) is 5. The summed E-state index contributed by atoms with van der Waals surface area (Å²) in [6.07, 6.45) is 6.13. The number of ether oxygens (including phenoxy) is 1. The lowest BCUT2D eigenvalue weighted by atomic mass is 10.2. The van der Waals surface area contributed by atoms with Crippen molar-refractivity contribution in [1.82, 2.24) is 15.2 Å². The minimum absolute atomic E-state index is 0.480. The zero-order chi connectivity index (χ0) is 12.7. The number of morpholine rings is 1. The molecule has 0 amide bonds. The predicted molar refractivity (Wildman–Crippen MR) is 75.1 cm³/mol. The van der Waals surface area contributed by atoms with Gasteiger partial charge in [0.1, 0.15) is 5.01 Å². The third-order valence-corrected chi connectivity index (χ3v) is 5.12. The Kier molecular flexibility index (Phi) is 3.31. The molecule has 1 saturated carbocycles. The highest BCUT2D eigenvalue weighted by Gasteiger charge is 2.33. The first-order valence-electron chi connectivity index (χ1n) is 7.39. The van der Waals surface area contributed by atoms with Crippen LogP contribution in [-0.4, -0.2) is 41.2 Å². The van der Waals surface area contributed by atoms with Crippen molar-refractivity contribution in [3.05, 3.63) is 16.1 Å². The van der Waals surface area contributed by atoms with Gasteiger partial charge in [-0.05, 0) is 25.7 Å². The summed E-state index contributed by atoms with van der Waals surface area (Å²) in [6.45, 7) is 4.12. The minimum atomic E-state index is 0.480. The number of hydrogen-bond donors (Lipinski definition) is 1. The van der Waals surface area contributed by atoms with E-state index in [0.717, 1.165) is 32.2 Å². The van der Waals surface area contributed by atoms with E-state index in [2.05, 4.69) is 15.6 Å². The van der Waals surface area contributed by atoms with Gasteiger partial charge in [-0.3, -0.25) is 4.90 Å². The molecule has 0 aromatic carbocycles. The SMILES string of the molecule is c1sc(CNC2CC2)nc1CN1CC2CCC(C1)O2. The van der Waals surface area contributed by atoms with Crippen LogP contribution in [0.15, 0.2) is 5.38 Å². The smallest absolute Gasteiger partial charge is 0.107 e. The number of aromatic nitrogens is 1. The summed E-state index contributed by atoms with van der Waals surface area (Å²) in [7, 11) is 0. The van der Waals surface area contributed by atoms with Gasteiger partial charge in [0.2, 0.25) is 0 Å². The highest BCUT2D eigenvalue weighted by atomic mass is 32.1. The first-order chi connectivity index (χ1) is 9.35. The maximum absolute atomic E-state index is 5.87. The molecule has 4 nitrogen and oxygen atoms in total. The molecule has 104 valence electrons. The number of likely N-dealkylation sites (tertiary alicyclic amines) is 1. The second kappa shape index (κ2) is 5.13. The van der Waals surface area contributed by atoms with Crippen molar-refractivity contribution in [2.75, 3.05) is 13.1 Å². The average Bonchev–Trinajstić information content (AvgIpc) is 3.04. The Labute approximate surface area is 118 Å². The fourth-order valence-corrected chi connectivity index (χ4v) is 3.82. The van der Waals surface area contributed by atoms with Crippen molar-refractivity contribution in [3.63, 3.8) is 0 Å². The third kappa shape index (κ3) is 2.99. The summed E-state index contributed by atoms with van der Waals surface area (Å²) in [4.78, 5) is 7.26. The number of nitrogens with zero attached hydrogens (tertiary/aromatic N) is 2. The van der Waals surface area contributed by atoms with Crippen LogP contribution < -0.4 is 5.32 Å². The van der Waals surface area contributed by atoms with E-state index in [0.29, 0.717) is 12.2 Å². The zero-order valence-corrected chi connectivity index (χ0v) is 12.0. The largest absolute Gasteiger partial charge is 0.372 e. The van der Waals surface area contributed by atoms with Crippen LogP contribution in [-0.2, 0) is 17.8 Å². The molecule has 2 saturated heterocycles. The fraction of sp³-hybridized carbons (Fsp3) is 0.786. The molecule has 2 atom stereocenters. The molecule has 5 heteroatoms.